The molecule has 2 aromatic rings. The molecular formula is C20H19NO4S2. The van der Waals surface area contributed by atoms with E-state index in [2.05, 4.69) is 0 Å². The Morgan fingerprint density at radius 3 is 2.33 bits per heavy atom. The molecule has 1 fully saturated rings. The van der Waals surface area contributed by atoms with Gasteiger partial charge in [0.25, 0.3) is 5.91 Å². The average molecular weight is 402 g/mol. The molecule has 0 N–H and O–H groups in total. The fraction of sp³-hybridized carbons (Fsp3) is 0.200. The lowest BCUT2D eigenvalue weighted by atomic mass is 10.2. The van der Waals surface area contributed by atoms with Crippen molar-refractivity contribution in [3.05, 3.63) is 59.0 Å². The Kier molecular flexibility index (Phi) is 6.36. The lowest BCUT2D eigenvalue weighted by Crippen LogP contribution is -2.22. The summed E-state index contributed by atoms with van der Waals surface area (Å²) in [6.45, 7) is 0.831. The molecule has 5 nitrogen and oxygen atoms in total. The van der Waals surface area contributed by atoms with Crippen LogP contribution in [0.25, 0.3) is 6.08 Å². The van der Waals surface area contributed by atoms with Gasteiger partial charge in [-0.3, -0.25) is 9.69 Å². The molecule has 1 aliphatic rings. The van der Waals surface area contributed by atoms with Crippen LogP contribution in [0.3, 0.4) is 0 Å². The van der Waals surface area contributed by atoms with E-state index in [4.69, 9.17) is 26.4 Å². The molecule has 0 aromatic heterocycles. The van der Waals surface area contributed by atoms with Crippen LogP contribution in [0.1, 0.15) is 5.56 Å². The zero-order valence-corrected chi connectivity index (χ0v) is 16.6. The average Bonchev–Trinajstić information content (AvgIpc) is 2.93. The van der Waals surface area contributed by atoms with Crippen LogP contribution in [-0.4, -0.2) is 42.5 Å². The smallest absolute Gasteiger partial charge is 0.265 e. The highest BCUT2D eigenvalue weighted by Gasteiger charge is 2.28. The molecule has 1 saturated heterocycles. The van der Waals surface area contributed by atoms with Crippen LogP contribution in [0.15, 0.2) is 53.4 Å². The molecule has 140 valence electrons. The third-order valence-corrected chi connectivity index (χ3v) is 5.31. The molecule has 0 unspecified atom stereocenters. The first-order valence-corrected chi connectivity index (χ1v) is 9.50. The third-order valence-electron chi connectivity index (χ3n) is 3.82. The number of likely N-dealkylation sites (N-methyl/N-ethyl adjacent to an activating group) is 1. The summed E-state index contributed by atoms with van der Waals surface area (Å²) in [6, 6.07) is 15.0. The second-order valence-electron chi connectivity index (χ2n) is 5.69. The van der Waals surface area contributed by atoms with Gasteiger partial charge >= 0.3 is 0 Å². The van der Waals surface area contributed by atoms with Crippen molar-refractivity contribution in [2.24, 2.45) is 0 Å². The molecule has 1 heterocycles. The number of carbonyl (C=O) groups is 1. The molecule has 0 radical (unpaired) electrons. The molecule has 1 aliphatic heterocycles. The van der Waals surface area contributed by atoms with Gasteiger partial charge in [0, 0.05) is 7.05 Å². The molecule has 0 atom stereocenters. The number of hydrogen-bond donors (Lipinski definition) is 0. The Morgan fingerprint density at radius 1 is 1.04 bits per heavy atom. The Labute approximate surface area is 167 Å². The summed E-state index contributed by atoms with van der Waals surface area (Å²) in [5.74, 6) is 2.18. The monoisotopic (exact) mass is 401 g/mol. The minimum atomic E-state index is -0.0794. The molecule has 0 aliphatic carbocycles. The zero-order valence-electron chi connectivity index (χ0n) is 15.0. The summed E-state index contributed by atoms with van der Waals surface area (Å²) in [4.78, 5) is 14.2. The summed E-state index contributed by atoms with van der Waals surface area (Å²) in [5.41, 5.74) is 0.887. The van der Waals surface area contributed by atoms with Crippen molar-refractivity contribution in [2.45, 2.75) is 0 Å². The van der Waals surface area contributed by atoms with Gasteiger partial charge in [-0.1, -0.05) is 36.1 Å². The van der Waals surface area contributed by atoms with Gasteiger partial charge in [0.2, 0.25) is 0 Å². The van der Waals surface area contributed by atoms with E-state index in [1.54, 1.807) is 14.2 Å². The van der Waals surface area contributed by atoms with Crippen molar-refractivity contribution in [2.75, 3.05) is 27.4 Å². The number of methoxy groups -OCH3 is 1. The molecule has 3 rings (SSSR count). The molecule has 0 saturated carbocycles. The van der Waals surface area contributed by atoms with Crippen LogP contribution in [0.2, 0.25) is 0 Å². The first-order valence-electron chi connectivity index (χ1n) is 8.28. The Bertz CT molecular complexity index is 865. The Hall–Kier alpha value is -2.51. The first kappa shape index (κ1) is 19.3. The van der Waals surface area contributed by atoms with Crippen LogP contribution in [-0.2, 0) is 4.79 Å². The van der Waals surface area contributed by atoms with Crippen molar-refractivity contribution in [3.8, 4) is 17.2 Å². The normalized spacial score (nSPS) is 15.3. The van der Waals surface area contributed by atoms with Crippen LogP contribution in [0, 0.1) is 0 Å². The lowest BCUT2D eigenvalue weighted by molar-refractivity contribution is -0.121. The maximum atomic E-state index is 12.1. The second-order valence-corrected chi connectivity index (χ2v) is 7.36. The van der Waals surface area contributed by atoms with E-state index in [0.717, 1.165) is 17.1 Å². The summed E-state index contributed by atoms with van der Waals surface area (Å²) >= 11 is 6.45. The standard InChI is InChI=1S/C20H19NO4S2/c1-21-19(22)18(27-20(21)26)13-14-4-3-5-17(12-14)25-11-10-24-16-8-6-15(23-2)7-9-16/h3-9,12-13H,10-11H2,1-2H3/b18-13-. The molecular weight excluding hydrogens is 382 g/mol. The number of thiocarbonyl (C=S) groups is 1. The lowest BCUT2D eigenvalue weighted by Gasteiger charge is -2.09. The van der Waals surface area contributed by atoms with E-state index in [9.17, 15) is 4.79 Å². The van der Waals surface area contributed by atoms with E-state index in [1.807, 2.05) is 54.6 Å². The van der Waals surface area contributed by atoms with Gasteiger partial charge in [-0.05, 0) is 48.0 Å². The summed E-state index contributed by atoms with van der Waals surface area (Å²) < 4.78 is 17.1. The van der Waals surface area contributed by atoms with E-state index in [1.165, 1.54) is 16.7 Å². The van der Waals surface area contributed by atoms with Gasteiger partial charge in [-0.2, -0.15) is 0 Å². The molecule has 7 heteroatoms. The van der Waals surface area contributed by atoms with Gasteiger partial charge in [-0.15, -0.1) is 0 Å². The SMILES string of the molecule is COc1ccc(OCCOc2cccc(/C=C3\SC(=S)N(C)C3=O)c2)cc1. The topological polar surface area (TPSA) is 48.0 Å². The van der Waals surface area contributed by atoms with Crippen molar-refractivity contribution in [1.82, 2.24) is 4.90 Å². The summed E-state index contributed by atoms with van der Waals surface area (Å²) in [7, 11) is 3.31. The minimum absolute atomic E-state index is 0.0794. The maximum absolute atomic E-state index is 12.1. The van der Waals surface area contributed by atoms with Crippen molar-refractivity contribution < 1.29 is 19.0 Å². The van der Waals surface area contributed by atoms with Crippen LogP contribution in [0.4, 0.5) is 0 Å². The quantitative estimate of drug-likeness (QED) is 0.397. The first-order chi connectivity index (χ1) is 13.1. The van der Waals surface area contributed by atoms with Crippen molar-refractivity contribution in [1.29, 1.82) is 0 Å². The number of thioether (sulfide) groups is 1. The zero-order chi connectivity index (χ0) is 19.2. The van der Waals surface area contributed by atoms with Gasteiger partial charge in [0.15, 0.2) is 0 Å². The van der Waals surface area contributed by atoms with Gasteiger partial charge in [0.1, 0.15) is 34.8 Å². The number of amides is 1. The summed E-state index contributed by atoms with van der Waals surface area (Å²) in [6.07, 6.45) is 1.82. The minimum Gasteiger partial charge on any atom is -0.497 e. The Morgan fingerprint density at radius 2 is 1.70 bits per heavy atom. The van der Waals surface area contributed by atoms with Gasteiger partial charge < -0.3 is 14.2 Å². The molecule has 27 heavy (non-hydrogen) atoms. The van der Waals surface area contributed by atoms with E-state index < -0.39 is 0 Å². The highest BCUT2D eigenvalue weighted by Crippen LogP contribution is 2.31. The van der Waals surface area contributed by atoms with E-state index in [-0.39, 0.29) is 5.91 Å². The molecule has 1 amide bonds. The predicted molar refractivity (Wildman–Crippen MR) is 111 cm³/mol. The number of carbonyl (C=O) groups excluding carboxylic acids is 1. The number of hydrogen-bond acceptors (Lipinski definition) is 6. The van der Waals surface area contributed by atoms with Gasteiger partial charge in [-0.25, -0.2) is 0 Å². The maximum Gasteiger partial charge on any atom is 0.265 e. The molecule has 0 spiro atoms. The van der Waals surface area contributed by atoms with Gasteiger partial charge in [0.05, 0.1) is 12.0 Å². The summed E-state index contributed by atoms with van der Waals surface area (Å²) in [5, 5.41) is 0. The molecule has 2 aromatic carbocycles. The van der Waals surface area contributed by atoms with Crippen molar-refractivity contribution >= 4 is 40.3 Å². The fourth-order valence-corrected chi connectivity index (χ4v) is 3.56. The van der Waals surface area contributed by atoms with Crippen LogP contribution < -0.4 is 14.2 Å². The Balaban J connectivity index is 1.53. The number of ether oxygens (including phenoxy) is 3. The van der Waals surface area contributed by atoms with E-state index >= 15 is 0 Å². The van der Waals surface area contributed by atoms with E-state index in [0.29, 0.717) is 28.2 Å². The van der Waals surface area contributed by atoms with Crippen LogP contribution >= 0.6 is 24.0 Å². The number of rotatable bonds is 7. The third kappa shape index (κ3) is 5.02. The largest absolute Gasteiger partial charge is 0.497 e. The van der Waals surface area contributed by atoms with Crippen molar-refractivity contribution in [3.63, 3.8) is 0 Å². The fourth-order valence-electron chi connectivity index (χ4n) is 2.38. The second kappa shape index (κ2) is 8.92. The highest BCUT2D eigenvalue weighted by atomic mass is 32.2. The van der Waals surface area contributed by atoms with Crippen LogP contribution in [0.5, 0.6) is 17.2 Å². The number of benzene rings is 2. The predicted octanol–water partition coefficient (Wildman–Crippen LogP) is 3.98. The highest BCUT2D eigenvalue weighted by molar-refractivity contribution is 8.26. The molecule has 0 bridgehead atoms. The number of nitrogens with zero attached hydrogens (tertiary/aromatic N) is 1.